The number of benzene rings is 2. The molecule has 28 heavy (non-hydrogen) atoms. The number of aryl methyl sites for hydroxylation is 1. The Hall–Kier alpha value is -2.18. The van der Waals surface area contributed by atoms with Gasteiger partial charge in [-0.25, -0.2) is 8.78 Å². The number of anilines is 1. The van der Waals surface area contributed by atoms with Crippen molar-refractivity contribution in [2.75, 3.05) is 37.6 Å². The molecule has 1 heterocycles. The van der Waals surface area contributed by atoms with Crippen molar-refractivity contribution in [1.82, 2.24) is 10.2 Å². The molecular formula is C21H24ClF2N3O. The van der Waals surface area contributed by atoms with Gasteiger partial charge in [0.25, 0.3) is 0 Å². The van der Waals surface area contributed by atoms with E-state index < -0.39 is 17.7 Å². The van der Waals surface area contributed by atoms with Crippen molar-refractivity contribution in [3.05, 3.63) is 64.2 Å². The number of nitrogens with one attached hydrogen (secondary N) is 1. The summed E-state index contributed by atoms with van der Waals surface area (Å²) < 4.78 is 26.9. The maximum atomic E-state index is 13.9. The van der Waals surface area contributed by atoms with E-state index in [9.17, 15) is 13.6 Å². The van der Waals surface area contributed by atoms with Gasteiger partial charge in [0.05, 0.1) is 12.6 Å². The lowest BCUT2D eigenvalue weighted by Crippen LogP contribution is -2.49. The number of nitrogens with zero attached hydrogens (tertiary/aromatic N) is 2. The number of hydrogen-bond acceptors (Lipinski definition) is 3. The smallest absolute Gasteiger partial charge is 0.234 e. The molecule has 1 saturated heterocycles. The summed E-state index contributed by atoms with van der Waals surface area (Å²) in [5.74, 6) is -1.46. The molecule has 1 aliphatic rings. The summed E-state index contributed by atoms with van der Waals surface area (Å²) >= 11 is 6.11. The van der Waals surface area contributed by atoms with Crippen molar-refractivity contribution < 1.29 is 13.6 Å². The summed E-state index contributed by atoms with van der Waals surface area (Å²) in [4.78, 5) is 16.7. The first-order valence-electron chi connectivity index (χ1n) is 9.31. The first kappa shape index (κ1) is 20.6. The first-order valence-corrected chi connectivity index (χ1v) is 9.69. The number of carbonyl (C=O) groups excluding carboxylic acids is 1. The van der Waals surface area contributed by atoms with Crippen LogP contribution >= 0.6 is 11.6 Å². The van der Waals surface area contributed by atoms with Crippen LogP contribution in [0.2, 0.25) is 5.02 Å². The summed E-state index contributed by atoms with van der Waals surface area (Å²) in [6.07, 6.45) is 0. The molecule has 0 bridgehead atoms. The van der Waals surface area contributed by atoms with Gasteiger partial charge < -0.3 is 10.2 Å². The Morgan fingerprint density at radius 1 is 1.14 bits per heavy atom. The van der Waals surface area contributed by atoms with E-state index in [1.807, 2.05) is 18.2 Å². The van der Waals surface area contributed by atoms with E-state index in [4.69, 9.17) is 11.6 Å². The van der Waals surface area contributed by atoms with E-state index in [0.717, 1.165) is 37.9 Å². The van der Waals surface area contributed by atoms with E-state index in [2.05, 4.69) is 22.0 Å². The normalized spacial score (nSPS) is 16.1. The quantitative estimate of drug-likeness (QED) is 0.815. The number of rotatable bonds is 5. The molecular weight excluding hydrogens is 384 g/mol. The third-order valence-corrected chi connectivity index (χ3v) is 5.29. The van der Waals surface area contributed by atoms with Gasteiger partial charge in [0.15, 0.2) is 0 Å². The molecule has 4 nitrogen and oxygen atoms in total. The standard InChI is InChI=1S/C21H24ClF2N3O/c1-14-3-4-16(22)11-20(14)27-9-7-26(8-10-27)13-21(28)25-15(2)18-6-5-17(23)12-19(18)24/h3-6,11-12,15H,7-10,13H2,1-2H3,(H,25,28)/t15-/m1/s1. The molecule has 0 aromatic heterocycles. The molecule has 1 aliphatic heterocycles. The SMILES string of the molecule is Cc1ccc(Cl)cc1N1CCN(CC(=O)N[C@H](C)c2ccc(F)cc2F)CC1. The molecule has 7 heteroatoms. The molecule has 3 rings (SSSR count). The third-order valence-electron chi connectivity index (χ3n) is 5.06. The summed E-state index contributed by atoms with van der Waals surface area (Å²) in [5, 5.41) is 3.50. The average molecular weight is 408 g/mol. The number of hydrogen-bond donors (Lipinski definition) is 1. The number of carbonyl (C=O) groups is 1. The minimum Gasteiger partial charge on any atom is -0.369 e. The van der Waals surface area contributed by atoms with Gasteiger partial charge in [-0.05, 0) is 37.6 Å². The Bertz CT molecular complexity index is 854. The predicted molar refractivity (Wildman–Crippen MR) is 108 cm³/mol. The molecule has 0 saturated carbocycles. The van der Waals surface area contributed by atoms with E-state index in [1.165, 1.54) is 17.7 Å². The highest BCUT2D eigenvalue weighted by Gasteiger charge is 2.21. The van der Waals surface area contributed by atoms with Gasteiger partial charge >= 0.3 is 0 Å². The van der Waals surface area contributed by atoms with Crippen LogP contribution in [0, 0.1) is 18.6 Å². The Labute approximate surface area is 169 Å². The van der Waals surface area contributed by atoms with Gasteiger partial charge in [-0.15, -0.1) is 0 Å². The molecule has 1 amide bonds. The second-order valence-electron chi connectivity index (χ2n) is 7.15. The van der Waals surface area contributed by atoms with E-state index in [-0.39, 0.29) is 18.0 Å². The highest BCUT2D eigenvalue weighted by atomic mass is 35.5. The van der Waals surface area contributed by atoms with Gasteiger partial charge in [0.2, 0.25) is 5.91 Å². The minimum atomic E-state index is -0.654. The number of halogens is 3. The van der Waals surface area contributed by atoms with Crippen LogP contribution in [0.25, 0.3) is 0 Å². The Morgan fingerprint density at radius 2 is 1.86 bits per heavy atom. The van der Waals surface area contributed by atoms with Crippen LogP contribution in [-0.4, -0.2) is 43.5 Å². The van der Waals surface area contributed by atoms with Crippen LogP contribution in [-0.2, 0) is 4.79 Å². The molecule has 2 aromatic rings. The van der Waals surface area contributed by atoms with E-state index in [0.29, 0.717) is 5.02 Å². The second-order valence-corrected chi connectivity index (χ2v) is 7.59. The van der Waals surface area contributed by atoms with Gasteiger partial charge in [-0.1, -0.05) is 23.7 Å². The lowest BCUT2D eigenvalue weighted by atomic mass is 10.1. The van der Waals surface area contributed by atoms with Crippen molar-refractivity contribution in [3.63, 3.8) is 0 Å². The highest BCUT2D eigenvalue weighted by molar-refractivity contribution is 6.30. The maximum Gasteiger partial charge on any atom is 0.234 e. The fraction of sp³-hybridized carbons (Fsp3) is 0.381. The van der Waals surface area contributed by atoms with Crippen molar-refractivity contribution in [1.29, 1.82) is 0 Å². The number of piperazine rings is 1. The van der Waals surface area contributed by atoms with Crippen LogP contribution in [0.3, 0.4) is 0 Å². The van der Waals surface area contributed by atoms with Crippen molar-refractivity contribution in [2.24, 2.45) is 0 Å². The largest absolute Gasteiger partial charge is 0.369 e. The number of amides is 1. The van der Waals surface area contributed by atoms with Crippen LogP contribution in [0.15, 0.2) is 36.4 Å². The molecule has 0 radical (unpaired) electrons. The first-order chi connectivity index (χ1) is 13.3. The molecule has 2 aromatic carbocycles. The molecule has 1 N–H and O–H groups in total. The fourth-order valence-electron chi connectivity index (χ4n) is 3.49. The monoisotopic (exact) mass is 407 g/mol. The molecule has 1 fully saturated rings. The zero-order valence-electron chi connectivity index (χ0n) is 16.0. The molecule has 0 unspecified atom stereocenters. The Balaban J connectivity index is 1.51. The van der Waals surface area contributed by atoms with Crippen molar-refractivity contribution in [3.8, 4) is 0 Å². The fourth-order valence-corrected chi connectivity index (χ4v) is 3.66. The predicted octanol–water partition coefficient (Wildman–Crippen LogP) is 3.93. The second kappa shape index (κ2) is 8.88. The van der Waals surface area contributed by atoms with Gasteiger partial charge in [-0.3, -0.25) is 9.69 Å². The van der Waals surface area contributed by atoms with Gasteiger partial charge in [0.1, 0.15) is 11.6 Å². The lowest BCUT2D eigenvalue weighted by molar-refractivity contribution is -0.123. The van der Waals surface area contributed by atoms with Gasteiger partial charge in [0, 0.05) is 48.5 Å². The van der Waals surface area contributed by atoms with E-state index in [1.54, 1.807) is 6.92 Å². The third kappa shape index (κ3) is 5.00. The van der Waals surface area contributed by atoms with Gasteiger partial charge in [-0.2, -0.15) is 0 Å². The topological polar surface area (TPSA) is 35.6 Å². The van der Waals surface area contributed by atoms with Crippen molar-refractivity contribution in [2.45, 2.75) is 19.9 Å². The van der Waals surface area contributed by atoms with Crippen molar-refractivity contribution >= 4 is 23.2 Å². The zero-order chi connectivity index (χ0) is 20.3. The average Bonchev–Trinajstić information content (AvgIpc) is 2.64. The molecule has 1 atom stereocenters. The van der Waals surface area contributed by atoms with E-state index >= 15 is 0 Å². The molecule has 0 spiro atoms. The van der Waals surface area contributed by atoms with Crippen LogP contribution in [0.5, 0.6) is 0 Å². The van der Waals surface area contributed by atoms with Crippen LogP contribution < -0.4 is 10.2 Å². The Morgan fingerprint density at radius 3 is 2.54 bits per heavy atom. The summed E-state index contributed by atoms with van der Waals surface area (Å²) in [5.41, 5.74) is 2.57. The molecule has 150 valence electrons. The van der Waals surface area contributed by atoms with Crippen LogP contribution in [0.1, 0.15) is 24.1 Å². The zero-order valence-corrected chi connectivity index (χ0v) is 16.8. The summed E-state index contributed by atoms with van der Waals surface area (Å²) in [7, 11) is 0. The highest BCUT2D eigenvalue weighted by Crippen LogP contribution is 2.25. The molecule has 0 aliphatic carbocycles. The minimum absolute atomic E-state index is 0.177. The summed E-state index contributed by atoms with van der Waals surface area (Å²) in [6, 6.07) is 8.72. The maximum absolute atomic E-state index is 13.9. The Kier molecular flexibility index (Phi) is 6.52. The van der Waals surface area contributed by atoms with Crippen LogP contribution in [0.4, 0.5) is 14.5 Å². The lowest BCUT2D eigenvalue weighted by Gasteiger charge is -2.36. The summed E-state index contributed by atoms with van der Waals surface area (Å²) in [6.45, 7) is 7.09.